The standard InChI is InChI=1S/C15H22N2O3S/c1-4-8-16-15(18)12-6-7-14-13(10-12)9-11(3)17(14)21(19,20)5-2/h6-7,10-11H,4-5,8-9H2,1-3H3,(H,16,18)/t11-/m0/s1. The van der Waals surface area contributed by atoms with Crippen molar-refractivity contribution in [2.45, 2.75) is 39.7 Å². The molecular weight excluding hydrogens is 288 g/mol. The van der Waals surface area contributed by atoms with Gasteiger partial charge in [-0.05, 0) is 50.5 Å². The first kappa shape index (κ1) is 15.8. The zero-order valence-corrected chi connectivity index (χ0v) is 13.5. The molecule has 0 unspecified atom stereocenters. The zero-order chi connectivity index (χ0) is 15.6. The topological polar surface area (TPSA) is 66.5 Å². The van der Waals surface area contributed by atoms with Crippen molar-refractivity contribution in [1.29, 1.82) is 0 Å². The van der Waals surface area contributed by atoms with Crippen molar-refractivity contribution in [1.82, 2.24) is 5.32 Å². The van der Waals surface area contributed by atoms with Crippen LogP contribution in [0.3, 0.4) is 0 Å². The van der Waals surface area contributed by atoms with E-state index >= 15 is 0 Å². The molecule has 1 aliphatic rings. The third-order valence-electron chi connectivity index (χ3n) is 3.69. The van der Waals surface area contributed by atoms with E-state index in [1.165, 1.54) is 4.31 Å². The van der Waals surface area contributed by atoms with Gasteiger partial charge in [0, 0.05) is 18.2 Å². The fraction of sp³-hybridized carbons (Fsp3) is 0.533. The molecule has 0 fully saturated rings. The highest BCUT2D eigenvalue weighted by Gasteiger charge is 2.34. The van der Waals surface area contributed by atoms with E-state index in [-0.39, 0.29) is 17.7 Å². The minimum Gasteiger partial charge on any atom is -0.352 e. The van der Waals surface area contributed by atoms with E-state index in [0.29, 0.717) is 24.2 Å². The Bertz CT molecular complexity index is 640. The number of anilines is 1. The van der Waals surface area contributed by atoms with Crippen molar-refractivity contribution in [2.75, 3.05) is 16.6 Å². The molecule has 1 aromatic rings. The molecule has 116 valence electrons. The lowest BCUT2D eigenvalue weighted by molar-refractivity contribution is 0.0953. The number of rotatable bonds is 5. The molecular formula is C15H22N2O3S. The second-order valence-corrected chi connectivity index (χ2v) is 7.48. The Morgan fingerprint density at radius 3 is 2.71 bits per heavy atom. The molecule has 1 aliphatic heterocycles. The molecule has 0 saturated heterocycles. The zero-order valence-electron chi connectivity index (χ0n) is 12.7. The van der Waals surface area contributed by atoms with Crippen molar-refractivity contribution in [3.63, 3.8) is 0 Å². The molecule has 6 heteroatoms. The van der Waals surface area contributed by atoms with E-state index in [0.717, 1.165) is 12.0 Å². The highest BCUT2D eigenvalue weighted by molar-refractivity contribution is 7.92. The number of fused-ring (bicyclic) bond motifs is 1. The predicted molar refractivity (Wildman–Crippen MR) is 84.2 cm³/mol. The quantitative estimate of drug-likeness (QED) is 0.903. The number of nitrogens with zero attached hydrogens (tertiary/aromatic N) is 1. The van der Waals surface area contributed by atoms with Crippen LogP contribution in [0.5, 0.6) is 0 Å². The fourth-order valence-electron chi connectivity index (χ4n) is 2.65. The van der Waals surface area contributed by atoms with Gasteiger partial charge in [-0.3, -0.25) is 9.10 Å². The summed E-state index contributed by atoms with van der Waals surface area (Å²) in [6.45, 7) is 6.18. The average Bonchev–Trinajstić information content (AvgIpc) is 2.80. The SMILES string of the molecule is CCCNC(=O)c1ccc2c(c1)C[C@H](C)N2S(=O)(=O)CC. The Kier molecular flexibility index (Phi) is 4.56. The van der Waals surface area contributed by atoms with Gasteiger partial charge in [-0.25, -0.2) is 8.42 Å². The molecule has 0 aliphatic carbocycles. The summed E-state index contributed by atoms with van der Waals surface area (Å²) in [4.78, 5) is 12.0. The summed E-state index contributed by atoms with van der Waals surface area (Å²) in [5.74, 6) is -0.0284. The van der Waals surface area contributed by atoms with Gasteiger partial charge < -0.3 is 5.32 Å². The van der Waals surface area contributed by atoms with E-state index in [9.17, 15) is 13.2 Å². The van der Waals surface area contributed by atoms with E-state index in [4.69, 9.17) is 0 Å². The fourth-order valence-corrected chi connectivity index (χ4v) is 4.03. The van der Waals surface area contributed by atoms with Crippen molar-refractivity contribution < 1.29 is 13.2 Å². The van der Waals surface area contributed by atoms with Crippen LogP contribution in [-0.2, 0) is 16.4 Å². The summed E-state index contributed by atoms with van der Waals surface area (Å²) in [7, 11) is -3.28. The lowest BCUT2D eigenvalue weighted by Gasteiger charge is -2.23. The summed E-state index contributed by atoms with van der Waals surface area (Å²) >= 11 is 0. The highest BCUT2D eigenvalue weighted by Crippen LogP contribution is 2.35. The lowest BCUT2D eigenvalue weighted by atomic mass is 10.1. The summed E-state index contributed by atoms with van der Waals surface area (Å²) in [6.07, 6.45) is 1.53. The van der Waals surface area contributed by atoms with Crippen LogP contribution < -0.4 is 9.62 Å². The largest absolute Gasteiger partial charge is 0.352 e. The van der Waals surface area contributed by atoms with Gasteiger partial charge in [0.1, 0.15) is 0 Å². The lowest BCUT2D eigenvalue weighted by Crippen LogP contribution is -2.36. The van der Waals surface area contributed by atoms with Crippen LogP contribution in [0.4, 0.5) is 5.69 Å². The normalized spacial score (nSPS) is 17.7. The molecule has 1 amide bonds. The number of carbonyl (C=O) groups is 1. The number of benzene rings is 1. The van der Waals surface area contributed by atoms with Gasteiger partial charge in [0.05, 0.1) is 11.4 Å². The Morgan fingerprint density at radius 1 is 1.38 bits per heavy atom. The van der Waals surface area contributed by atoms with Crippen LogP contribution in [0.15, 0.2) is 18.2 Å². The first-order chi connectivity index (χ1) is 9.90. The number of amides is 1. The summed E-state index contributed by atoms with van der Waals surface area (Å²) in [5.41, 5.74) is 2.21. The van der Waals surface area contributed by atoms with Crippen molar-refractivity contribution in [2.24, 2.45) is 0 Å². The summed E-state index contributed by atoms with van der Waals surface area (Å²) in [6, 6.07) is 5.15. The van der Waals surface area contributed by atoms with Crippen LogP contribution in [-0.4, -0.2) is 32.7 Å². The predicted octanol–water partition coefficient (Wildman–Crippen LogP) is 1.93. The van der Waals surface area contributed by atoms with E-state index in [2.05, 4.69) is 5.32 Å². The van der Waals surface area contributed by atoms with Crippen LogP contribution in [0.2, 0.25) is 0 Å². The van der Waals surface area contributed by atoms with E-state index in [1.54, 1.807) is 19.1 Å². The number of nitrogens with one attached hydrogen (secondary N) is 1. The monoisotopic (exact) mass is 310 g/mol. The van der Waals surface area contributed by atoms with Crippen LogP contribution in [0.25, 0.3) is 0 Å². The molecule has 1 heterocycles. The Labute approximate surface area is 126 Å². The molecule has 21 heavy (non-hydrogen) atoms. The first-order valence-corrected chi connectivity index (χ1v) is 8.94. The van der Waals surface area contributed by atoms with Crippen LogP contribution in [0.1, 0.15) is 43.1 Å². The van der Waals surface area contributed by atoms with Gasteiger partial charge in [-0.1, -0.05) is 6.92 Å². The van der Waals surface area contributed by atoms with Gasteiger partial charge in [-0.15, -0.1) is 0 Å². The maximum atomic E-state index is 12.2. The second kappa shape index (κ2) is 6.05. The van der Waals surface area contributed by atoms with Crippen molar-refractivity contribution >= 4 is 21.6 Å². The molecule has 0 aromatic heterocycles. The summed E-state index contributed by atoms with van der Waals surface area (Å²) in [5, 5.41) is 2.83. The van der Waals surface area contributed by atoms with Crippen LogP contribution in [0, 0.1) is 0 Å². The Hall–Kier alpha value is -1.56. The average molecular weight is 310 g/mol. The summed E-state index contributed by atoms with van der Waals surface area (Å²) < 4.78 is 25.8. The molecule has 1 atom stereocenters. The van der Waals surface area contributed by atoms with Crippen molar-refractivity contribution in [3.05, 3.63) is 29.3 Å². The molecule has 1 aromatic carbocycles. The minimum atomic E-state index is -3.28. The Balaban J connectivity index is 2.32. The van der Waals surface area contributed by atoms with Crippen LogP contribution >= 0.6 is 0 Å². The first-order valence-electron chi connectivity index (χ1n) is 7.34. The molecule has 2 rings (SSSR count). The van der Waals surface area contributed by atoms with Crippen molar-refractivity contribution in [3.8, 4) is 0 Å². The minimum absolute atomic E-state index is 0.0789. The molecule has 0 bridgehead atoms. The van der Waals surface area contributed by atoms with Gasteiger partial charge in [0.15, 0.2) is 0 Å². The maximum absolute atomic E-state index is 12.2. The highest BCUT2D eigenvalue weighted by atomic mass is 32.2. The number of hydrogen-bond acceptors (Lipinski definition) is 3. The number of hydrogen-bond donors (Lipinski definition) is 1. The van der Waals surface area contributed by atoms with Gasteiger partial charge >= 0.3 is 0 Å². The molecule has 1 N–H and O–H groups in total. The smallest absolute Gasteiger partial charge is 0.251 e. The third kappa shape index (κ3) is 3.05. The molecule has 5 nitrogen and oxygen atoms in total. The molecule has 0 saturated carbocycles. The van der Waals surface area contributed by atoms with Gasteiger partial charge in [0.2, 0.25) is 10.0 Å². The van der Waals surface area contributed by atoms with E-state index < -0.39 is 10.0 Å². The molecule has 0 radical (unpaired) electrons. The Morgan fingerprint density at radius 2 is 2.10 bits per heavy atom. The van der Waals surface area contributed by atoms with Gasteiger partial charge in [0.25, 0.3) is 5.91 Å². The maximum Gasteiger partial charge on any atom is 0.251 e. The molecule has 0 spiro atoms. The van der Waals surface area contributed by atoms with Gasteiger partial charge in [-0.2, -0.15) is 0 Å². The van der Waals surface area contributed by atoms with E-state index in [1.807, 2.05) is 19.9 Å². The number of sulfonamides is 1. The third-order valence-corrected chi connectivity index (χ3v) is 5.58. The number of carbonyl (C=O) groups excluding carboxylic acids is 1. The second-order valence-electron chi connectivity index (χ2n) is 5.35.